The molecule has 0 unspecified atom stereocenters. The van der Waals surface area contributed by atoms with Gasteiger partial charge in [-0.3, -0.25) is 9.59 Å². The van der Waals surface area contributed by atoms with E-state index in [1.165, 1.54) is 6.42 Å². The smallest absolute Gasteiger partial charge is 0.253 e. The molecular formula is C29H32N6O3. The monoisotopic (exact) mass is 512 g/mol. The lowest BCUT2D eigenvalue weighted by Crippen LogP contribution is -2.35. The van der Waals surface area contributed by atoms with Gasteiger partial charge in [-0.05, 0) is 73.4 Å². The number of nitrogens with zero attached hydrogens (tertiary/aromatic N) is 5. The fourth-order valence-electron chi connectivity index (χ4n) is 4.63. The van der Waals surface area contributed by atoms with Crippen LogP contribution in [0.3, 0.4) is 0 Å². The Bertz CT molecular complexity index is 1410. The van der Waals surface area contributed by atoms with Gasteiger partial charge < -0.3 is 19.9 Å². The molecule has 1 fully saturated rings. The van der Waals surface area contributed by atoms with Gasteiger partial charge in [0.1, 0.15) is 0 Å². The number of piperidine rings is 1. The van der Waals surface area contributed by atoms with Gasteiger partial charge in [-0.25, -0.2) is 4.52 Å². The number of benzene rings is 2. The number of anilines is 2. The number of likely N-dealkylation sites (tertiary alicyclic amines) is 1. The van der Waals surface area contributed by atoms with Crippen LogP contribution in [0, 0.1) is 0 Å². The van der Waals surface area contributed by atoms with Crippen LogP contribution in [0.25, 0.3) is 16.8 Å². The van der Waals surface area contributed by atoms with Gasteiger partial charge in [-0.2, -0.15) is 4.98 Å². The molecule has 2 amide bonds. The summed E-state index contributed by atoms with van der Waals surface area (Å²) in [5.41, 5.74) is 4.67. The quantitative estimate of drug-likeness (QED) is 0.374. The number of rotatable bonds is 8. The summed E-state index contributed by atoms with van der Waals surface area (Å²) in [5.74, 6) is 0.483. The van der Waals surface area contributed by atoms with Crippen molar-refractivity contribution in [2.24, 2.45) is 0 Å². The van der Waals surface area contributed by atoms with Crippen LogP contribution in [-0.2, 0) is 4.74 Å². The molecule has 2 aromatic carbocycles. The Morgan fingerprint density at radius 2 is 1.68 bits per heavy atom. The van der Waals surface area contributed by atoms with Crippen molar-refractivity contribution in [3.63, 3.8) is 0 Å². The molecule has 0 bridgehead atoms. The highest BCUT2D eigenvalue weighted by Gasteiger charge is 2.18. The largest absolute Gasteiger partial charge is 0.383 e. The van der Waals surface area contributed by atoms with Crippen molar-refractivity contribution in [1.29, 1.82) is 0 Å². The highest BCUT2D eigenvalue weighted by molar-refractivity contribution is 5.95. The first kappa shape index (κ1) is 25.4. The second kappa shape index (κ2) is 11.4. The lowest BCUT2D eigenvalue weighted by atomic mass is 10.0. The van der Waals surface area contributed by atoms with E-state index in [1.807, 2.05) is 59.6 Å². The Kier molecular flexibility index (Phi) is 7.65. The fraction of sp³-hybridized carbons (Fsp3) is 0.310. The molecule has 1 saturated heterocycles. The number of amides is 2. The van der Waals surface area contributed by atoms with E-state index in [0.29, 0.717) is 35.9 Å². The maximum absolute atomic E-state index is 12.8. The van der Waals surface area contributed by atoms with Gasteiger partial charge in [0.2, 0.25) is 5.95 Å². The minimum Gasteiger partial charge on any atom is -0.383 e. The normalized spacial score (nSPS) is 13.5. The Labute approximate surface area is 222 Å². The average molecular weight is 513 g/mol. The molecule has 4 aromatic rings. The van der Waals surface area contributed by atoms with Crippen molar-refractivity contribution in [2.75, 3.05) is 45.7 Å². The van der Waals surface area contributed by atoms with Crippen molar-refractivity contribution in [1.82, 2.24) is 24.4 Å². The zero-order chi connectivity index (χ0) is 26.5. The molecule has 3 heterocycles. The van der Waals surface area contributed by atoms with E-state index >= 15 is 0 Å². The van der Waals surface area contributed by atoms with Gasteiger partial charge in [0, 0.05) is 62.4 Å². The van der Waals surface area contributed by atoms with Gasteiger partial charge in [-0.15, -0.1) is 5.10 Å². The van der Waals surface area contributed by atoms with Crippen LogP contribution in [0.5, 0.6) is 0 Å². The van der Waals surface area contributed by atoms with Crippen LogP contribution < -0.4 is 5.32 Å². The zero-order valence-corrected chi connectivity index (χ0v) is 21.8. The number of aromatic nitrogens is 3. The SMILES string of the molecule is COCCN(C)C(=O)c1ccc(Nc2nc3c(-c4ccc(C(=O)N5CCCCC5)cc4)cccn3n2)cc1. The first-order valence-electron chi connectivity index (χ1n) is 12.9. The number of carbonyl (C=O) groups is 2. The number of methoxy groups -OCH3 is 1. The molecular weight excluding hydrogens is 480 g/mol. The molecule has 9 heteroatoms. The highest BCUT2D eigenvalue weighted by atomic mass is 16.5. The molecule has 5 rings (SSSR count). The third-order valence-electron chi connectivity index (χ3n) is 6.81. The molecule has 0 aliphatic carbocycles. The van der Waals surface area contributed by atoms with Crippen molar-refractivity contribution in [2.45, 2.75) is 19.3 Å². The molecule has 38 heavy (non-hydrogen) atoms. The summed E-state index contributed by atoms with van der Waals surface area (Å²) in [6, 6.07) is 18.9. The molecule has 0 spiro atoms. The number of hydrogen-bond donors (Lipinski definition) is 1. The van der Waals surface area contributed by atoms with Crippen molar-refractivity contribution in [3.8, 4) is 11.1 Å². The summed E-state index contributed by atoms with van der Waals surface area (Å²) in [6.45, 7) is 2.68. The predicted molar refractivity (Wildman–Crippen MR) is 147 cm³/mol. The van der Waals surface area contributed by atoms with Gasteiger partial charge in [-0.1, -0.05) is 12.1 Å². The summed E-state index contributed by atoms with van der Waals surface area (Å²) in [7, 11) is 3.37. The van der Waals surface area contributed by atoms with Crippen molar-refractivity contribution < 1.29 is 14.3 Å². The van der Waals surface area contributed by atoms with Crippen LogP contribution in [-0.4, -0.2) is 76.6 Å². The summed E-state index contributed by atoms with van der Waals surface area (Å²) in [4.78, 5) is 33.7. The Balaban J connectivity index is 1.31. The van der Waals surface area contributed by atoms with E-state index in [-0.39, 0.29) is 11.8 Å². The number of ether oxygens (including phenoxy) is 1. The molecule has 0 saturated carbocycles. The van der Waals surface area contributed by atoms with Crippen LogP contribution >= 0.6 is 0 Å². The zero-order valence-electron chi connectivity index (χ0n) is 21.8. The van der Waals surface area contributed by atoms with Gasteiger partial charge in [0.05, 0.1) is 6.61 Å². The van der Waals surface area contributed by atoms with Crippen molar-refractivity contribution >= 4 is 29.1 Å². The van der Waals surface area contributed by atoms with E-state index in [2.05, 4.69) is 10.4 Å². The third kappa shape index (κ3) is 5.52. The van der Waals surface area contributed by atoms with Crippen LogP contribution in [0.4, 0.5) is 11.6 Å². The van der Waals surface area contributed by atoms with E-state index in [1.54, 1.807) is 35.7 Å². The van der Waals surface area contributed by atoms with E-state index in [4.69, 9.17) is 9.72 Å². The topological polar surface area (TPSA) is 92.1 Å². The lowest BCUT2D eigenvalue weighted by molar-refractivity contribution is 0.0722. The van der Waals surface area contributed by atoms with Crippen LogP contribution in [0.2, 0.25) is 0 Å². The molecule has 0 radical (unpaired) electrons. The number of nitrogens with one attached hydrogen (secondary N) is 1. The number of carbonyl (C=O) groups excluding carboxylic acids is 2. The first-order valence-corrected chi connectivity index (χ1v) is 12.9. The molecule has 9 nitrogen and oxygen atoms in total. The summed E-state index contributed by atoms with van der Waals surface area (Å²) in [5, 5.41) is 7.79. The first-order chi connectivity index (χ1) is 18.5. The highest BCUT2D eigenvalue weighted by Crippen LogP contribution is 2.26. The fourth-order valence-corrected chi connectivity index (χ4v) is 4.63. The van der Waals surface area contributed by atoms with Crippen LogP contribution in [0.15, 0.2) is 66.9 Å². The molecule has 1 aliphatic heterocycles. The van der Waals surface area contributed by atoms with Gasteiger partial charge >= 0.3 is 0 Å². The number of fused-ring (bicyclic) bond motifs is 1. The lowest BCUT2D eigenvalue weighted by Gasteiger charge is -2.26. The third-order valence-corrected chi connectivity index (χ3v) is 6.81. The molecule has 196 valence electrons. The Morgan fingerprint density at radius 3 is 2.39 bits per heavy atom. The van der Waals surface area contributed by atoms with E-state index in [0.717, 1.165) is 42.7 Å². The molecule has 0 atom stereocenters. The molecule has 1 aliphatic rings. The van der Waals surface area contributed by atoms with Crippen LogP contribution in [0.1, 0.15) is 40.0 Å². The maximum Gasteiger partial charge on any atom is 0.253 e. The second-order valence-electron chi connectivity index (χ2n) is 9.48. The number of hydrogen-bond acceptors (Lipinski definition) is 6. The minimum absolute atomic E-state index is 0.0623. The molecule has 1 N–H and O–H groups in total. The van der Waals surface area contributed by atoms with E-state index < -0.39 is 0 Å². The Hall–Kier alpha value is -4.24. The number of likely N-dealkylation sites (N-methyl/N-ethyl adjacent to an activating group) is 1. The van der Waals surface area contributed by atoms with E-state index in [9.17, 15) is 9.59 Å². The second-order valence-corrected chi connectivity index (χ2v) is 9.48. The molecule has 2 aromatic heterocycles. The van der Waals surface area contributed by atoms with Gasteiger partial charge in [0.15, 0.2) is 5.65 Å². The standard InChI is InChI=1S/C29H32N6O3/c1-33(19-20-38-2)27(36)22-12-14-24(15-13-22)30-29-31-26-25(7-6-18-35(26)32-29)21-8-10-23(11-9-21)28(37)34-16-4-3-5-17-34/h6-15,18H,3-5,16-17,19-20H2,1-2H3,(H,30,32). The van der Waals surface area contributed by atoms with Crippen molar-refractivity contribution in [3.05, 3.63) is 78.0 Å². The Morgan fingerprint density at radius 1 is 0.974 bits per heavy atom. The van der Waals surface area contributed by atoms with Gasteiger partial charge in [0.25, 0.3) is 11.8 Å². The summed E-state index contributed by atoms with van der Waals surface area (Å²) in [6.07, 6.45) is 5.19. The predicted octanol–water partition coefficient (Wildman–Crippen LogP) is 4.48. The minimum atomic E-state index is -0.0623. The number of pyridine rings is 1. The summed E-state index contributed by atoms with van der Waals surface area (Å²) < 4.78 is 6.78. The average Bonchev–Trinajstić information content (AvgIpc) is 3.38. The maximum atomic E-state index is 12.8. The summed E-state index contributed by atoms with van der Waals surface area (Å²) >= 11 is 0.